The number of halogens is 2. The van der Waals surface area contributed by atoms with Crippen LogP contribution in [0.25, 0.3) is 11.0 Å². The highest BCUT2D eigenvalue weighted by atomic mass is 35.5. The number of aryl methyl sites for hydroxylation is 1. The van der Waals surface area contributed by atoms with Gasteiger partial charge in [-0.3, -0.25) is 0 Å². The van der Waals surface area contributed by atoms with Gasteiger partial charge in [0.25, 0.3) is 0 Å². The van der Waals surface area contributed by atoms with E-state index in [1.165, 1.54) is 13.2 Å². The average molecular weight is 311 g/mol. The van der Waals surface area contributed by atoms with E-state index in [0.29, 0.717) is 35.1 Å². The lowest BCUT2D eigenvalue weighted by molar-refractivity contribution is 0.367. The highest BCUT2D eigenvalue weighted by molar-refractivity contribution is 6.16. The summed E-state index contributed by atoms with van der Waals surface area (Å²) in [6, 6.07) is 2.90. The van der Waals surface area contributed by atoms with Crippen LogP contribution in [0.2, 0.25) is 0 Å². The van der Waals surface area contributed by atoms with Crippen molar-refractivity contribution < 1.29 is 13.7 Å². The van der Waals surface area contributed by atoms with Gasteiger partial charge in [-0.15, -0.1) is 11.6 Å². The minimum atomic E-state index is -0.468. The number of hydrogen-bond acceptors (Lipinski definition) is 5. The van der Waals surface area contributed by atoms with Gasteiger partial charge in [0.15, 0.2) is 17.4 Å². The molecule has 3 rings (SSSR count). The van der Waals surface area contributed by atoms with Crippen LogP contribution < -0.4 is 4.74 Å². The van der Waals surface area contributed by atoms with Crippen molar-refractivity contribution in [2.24, 2.45) is 0 Å². The van der Waals surface area contributed by atoms with E-state index >= 15 is 0 Å². The molecule has 2 aromatic heterocycles. The van der Waals surface area contributed by atoms with Gasteiger partial charge in [0.05, 0.1) is 24.0 Å². The summed E-state index contributed by atoms with van der Waals surface area (Å²) in [5.74, 6) is 1.43. The van der Waals surface area contributed by atoms with Crippen LogP contribution >= 0.6 is 11.6 Å². The van der Waals surface area contributed by atoms with Gasteiger partial charge in [-0.2, -0.15) is 4.98 Å². The smallest absolute Gasteiger partial charge is 0.246 e. The number of methoxy groups -OCH3 is 1. The first-order chi connectivity index (χ1) is 10.1. The predicted octanol–water partition coefficient (Wildman–Crippen LogP) is 2.66. The summed E-state index contributed by atoms with van der Waals surface area (Å²) < 4.78 is 25.7. The summed E-state index contributed by atoms with van der Waals surface area (Å²) in [4.78, 5) is 8.47. The van der Waals surface area contributed by atoms with E-state index < -0.39 is 5.82 Å². The van der Waals surface area contributed by atoms with Gasteiger partial charge in [-0.1, -0.05) is 5.16 Å². The van der Waals surface area contributed by atoms with Crippen molar-refractivity contribution in [1.82, 2.24) is 19.7 Å². The molecule has 0 fully saturated rings. The van der Waals surface area contributed by atoms with Crippen molar-refractivity contribution in [1.29, 1.82) is 0 Å². The fourth-order valence-electron chi connectivity index (χ4n) is 2.15. The maximum Gasteiger partial charge on any atom is 0.246 e. The molecular weight excluding hydrogens is 299 g/mol. The molecule has 0 aliphatic heterocycles. The molecule has 0 amide bonds. The number of rotatable bonds is 4. The van der Waals surface area contributed by atoms with E-state index in [9.17, 15) is 4.39 Å². The van der Waals surface area contributed by atoms with Crippen molar-refractivity contribution >= 4 is 22.6 Å². The Morgan fingerprint density at radius 3 is 2.81 bits per heavy atom. The Balaban J connectivity index is 2.14. The molecule has 0 atom stereocenters. The van der Waals surface area contributed by atoms with E-state index in [0.717, 1.165) is 0 Å². The first kappa shape index (κ1) is 13.8. The first-order valence-corrected chi connectivity index (χ1v) is 6.73. The molecular formula is C13H12ClFN4O2. The van der Waals surface area contributed by atoms with Crippen molar-refractivity contribution in [3.63, 3.8) is 0 Å². The van der Waals surface area contributed by atoms with Gasteiger partial charge < -0.3 is 13.8 Å². The minimum absolute atomic E-state index is 0.145. The van der Waals surface area contributed by atoms with E-state index in [1.54, 1.807) is 17.6 Å². The van der Waals surface area contributed by atoms with Gasteiger partial charge in [-0.25, -0.2) is 9.37 Å². The van der Waals surface area contributed by atoms with Gasteiger partial charge in [0.2, 0.25) is 5.89 Å². The average Bonchev–Trinajstić information content (AvgIpc) is 3.02. The summed E-state index contributed by atoms with van der Waals surface area (Å²) in [5, 5.41) is 3.74. The topological polar surface area (TPSA) is 66.0 Å². The summed E-state index contributed by atoms with van der Waals surface area (Å²) in [6.45, 7) is 2.05. The second-order valence-corrected chi connectivity index (χ2v) is 4.73. The number of aromatic nitrogens is 4. The molecule has 0 saturated carbocycles. The Labute approximate surface area is 124 Å². The molecule has 0 bridgehead atoms. The van der Waals surface area contributed by atoms with Crippen LogP contribution in [0.3, 0.4) is 0 Å². The molecule has 8 heteroatoms. The van der Waals surface area contributed by atoms with Gasteiger partial charge in [-0.05, 0) is 6.92 Å². The lowest BCUT2D eigenvalue weighted by Crippen LogP contribution is -2.04. The third-order valence-electron chi connectivity index (χ3n) is 3.08. The third kappa shape index (κ3) is 2.44. The molecule has 0 aliphatic rings. The van der Waals surface area contributed by atoms with Crippen molar-refractivity contribution in [3.05, 3.63) is 35.5 Å². The largest absolute Gasteiger partial charge is 0.494 e. The van der Waals surface area contributed by atoms with Gasteiger partial charge >= 0.3 is 0 Å². The Kier molecular flexibility index (Phi) is 3.50. The molecule has 0 saturated heterocycles. The molecule has 2 heterocycles. The minimum Gasteiger partial charge on any atom is -0.494 e. The zero-order valence-electron chi connectivity index (χ0n) is 11.4. The van der Waals surface area contributed by atoms with Gasteiger partial charge in [0, 0.05) is 12.1 Å². The lowest BCUT2D eigenvalue weighted by Gasteiger charge is -2.06. The van der Waals surface area contributed by atoms with Crippen molar-refractivity contribution in [3.8, 4) is 5.75 Å². The van der Waals surface area contributed by atoms with Crippen LogP contribution in [0.1, 0.15) is 17.5 Å². The fraction of sp³-hybridized carbons (Fsp3) is 0.308. The maximum atomic E-state index is 13.7. The SMILES string of the molecule is COc1cc2c(cc1F)nc(CCl)n2Cc1nc(C)no1. The second kappa shape index (κ2) is 5.33. The number of imidazole rings is 1. The van der Waals surface area contributed by atoms with E-state index in [-0.39, 0.29) is 11.6 Å². The fourth-order valence-corrected chi connectivity index (χ4v) is 2.35. The first-order valence-electron chi connectivity index (χ1n) is 6.20. The Morgan fingerprint density at radius 1 is 1.38 bits per heavy atom. The molecule has 6 nitrogen and oxygen atoms in total. The van der Waals surface area contributed by atoms with E-state index in [2.05, 4.69) is 15.1 Å². The Morgan fingerprint density at radius 2 is 2.19 bits per heavy atom. The molecule has 21 heavy (non-hydrogen) atoms. The zero-order valence-corrected chi connectivity index (χ0v) is 12.2. The number of ether oxygens (including phenoxy) is 1. The Hall–Kier alpha value is -2.15. The Bertz CT molecular complexity index is 799. The number of fused-ring (bicyclic) bond motifs is 1. The molecule has 1 aromatic carbocycles. The van der Waals surface area contributed by atoms with Crippen LogP contribution in [-0.4, -0.2) is 26.8 Å². The molecule has 0 N–H and O–H groups in total. The van der Waals surface area contributed by atoms with Crippen LogP contribution in [-0.2, 0) is 12.4 Å². The highest BCUT2D eigenvalue weighted by Gasteiger charge is 2.16. The summed E-state index contributed by atoms with van der Waals surface area (Å²) in [6.07, 6.45) is 0. The zero-order chi connectivity index (χ0) is 15.0. The van der Waals surface area contributed by atoms with E-state index in [4.69, 9.17) is 20.9 Å². The van der Waals surface area contributed by atoms with Crippen LogP contribution in [0.15, 0.2) is 16.7 Å². The standard InChI is InChI=1S/C13H12ClFN4O2/c1-7-16-13(21-18-7)6-19-10-4-11(20-2)8(15)3-9(10)17-12(19)5-14/h3-4H,5-6H2,1-2H3. The van der Waals surface area contributed by atoms with Crippen LogP contribution in [0, 0.1) is 12.7 Å². The quantitative estimate of drug-likeness (QED) is 0.693. The predicted molar refractivity (Wildman–Crippen MR) is 73.9 cm³/mol. The maximum absolute atomic E-state index is 13.7. The van der Waals surface area contributed by atoms with E-state index in [1.807, 2.05) is 0 Å². The molecule has 0 radical (unpaired) electrons. The normalized spacial score (nSPS) is 11.2. The third-order valence-corrected chi connectivity index (χ3v) is 3.32. The lowest BCUT2D eigenvalue weighted by atomic mass is 10.3. The summed E-state index contributed by atoms with van der Waals surface area (Å²) >= 11 is 5.91. The number of hydrogen-bond donors (Lipinski definition) is 0. The number of benzene rings is 1. The van der Waals surface area contributed by atoms with Crippen LogP contribution in [0.5, 0.6) is 5.75 Å². The number of nitrogens with zero attached hydrogens (tertiary/aromatic N) is 4. The second-order valence-electron chi connectivity index (χ2n) is 4.46. The van der Waals surface area contributed by atoms with Crippen molar-refractivity contribution in [2.75, 3.05) is 7.11 Å². The number of alkyl halides is 1. The highest BCUT2D eigenvalue weighted by Crippen LogP contribution is 2.26. The molecule has 0 aliphatic carbocycles. The molecule has 110 valence electrons. The molecule has 0 unspecified atom stereocenters. The molecule has 0 spiro atoms. The summed E-state index contributed by atoms with van der Waals surface area (Å²) in [5.41, 5.74) is 1.19. The summed E-state index contributed by atoms with van der Waals surface area (Å²) in [7, 11) is 1.41. The monoisotopic (exact) mass is 310 g/mol. The molecule has 3 aromatic rings. The van der Waals surface area contributed by atoms with Crippen LogP contribution in [0.4, 0.5) is 4.39 Å². The van der Waals surface area contributed by atoms with Gasteiger partial charge in [0.1, 0.15) is 12.4 Å². The van der Waals surface area contributed by atoms with Crippen molar-refractivity contribution in [2.45, 2.75) is 19.3 Å².